The molecule has 0 spiro atoms. The van der Waals surface area contributed by atoms with Gasteiger partial charge in [0.1, 0.15) is 0 Å². The fraction of sp³-hybridized carbons (Fsp3) is 0.286. The van der Waals surface area contributed by atoms with E-state index in [-0.39, 0.29) is 5.97 Å². The van der Waals surface area contributed by atoms with Crippen molar-refractivity contribution in [2.45, 2.75) is 33.1 Å². The molecule has 0 aliphatic rings. The highest BCUT2D eigenvalue weighted by Crippen LogP contribution is 2.32. The van der Waals surface area contributed by atoms with E-state index in [9.17, 15) is 4.79 Å². The molecule has 1 heterocycles. The first-order chi connectivity index (χ1) is 11.7. The Morgan fingerprint density at radius 1 is 1.12 bits per heavy atom. The van der Waals surface area contributed by atoms with Crippen molar-refractivity contribution in [3.05, 3.63) is 59.7 Å². The number of ether oxygens (including phenoxy) is 1. The van der Waals surface area contributed by atoms with E-state index in [1.54, 1.807) is 0 Å². The van der Waals surface area contributed by atoms with E-state index in [2.05, 4.69) is 54.4 Å². The van der Waals surface area contributed by atoms with Gasteiger partial charge in [0.15, 0.2) is 0 Å². The summed E-state index contributed by atoms with van der Waals surface area (Å²) < 4.78 is 5.04. The predicted octanol–water partition coefficient (Wildman–Crippen LogP) is 5.03. The van der Waals surface area contributed by atoms with Gasteiger partial charge in [0.2, 0.25) is 0 Å². The number of H-pyrrole nitrogens is 1. The van der Waals surface area contributed by atoms with E-state index >= 15 is 0 Å². The van der Waals surface area contributed by atoms with Crippen molar-refractivity contribution in [1.82, 2.24) is 4.98 Å². The van der Waals surface area contributed by atoms with Crippen LogP contribution in [0.15, 0.2) is 48.5 Å². The average molecular weight is 321 g/mol. The summed E-state index contributed by atoms with van der Waals surface area (Å²) in [5.41, 5.74) is 6.00. The molecule has 0 unspecified atom stereocenters. The summed E-state index contributed by atoms with van der Waals surface area (Å²) in [4.78, 5) is 15.2. The van der Waals surface area contributed by atoms with Gasteiger partial charge in [0.25, 0.3) is 0 Å². The van der Waals surface area contributed by atoms with Gasteiger partial charge in [-0.25, -0.2) is 0 Å². The maximum Gasteiger partial charge on any atom is 0.305 e. The van der Waals surface area contributed by atoms with Crippen LogP contribution in [0.5, 0.6) is 0 Å². The van der Waals surface area contributed by atoms with E-state index in [1.807, 2.05) is 13.0 Å². The van der Waals surface area contributed by atoms with Crippen molar-refractivity contribution in [2.24, 2.45) is 0 Å². The summed E-state index contributed by atoms with van der Waals surface area (Å²) in [5, 5.41) is 1.25. The van der Waals surface area contributed by atoms with Gasteiger partial charge >= 0.3 is 5.97 Å². The third-order valence-electron chi connectivity index (χ3n) is 4.24. The van der Waals surface area contributed by atoms with Gasteiger partial charge in [0, 0.05) is 23.0 Å². The van der Waals surface area contributed by atoms with E-state index in [0.29, 0.717) is 13.0 Å². The number of fused-ring (bicyclic) bond motifs is 1. The standard InChI is InChI=1S/C21H23NO2/c1-3-24-20(23)11-7-10-17-18-14-15(2)12-13-19(18)22-21(17)16-8-5-4-6-9-16/h4-6,8-9,12-14,22H,3,7,10-11H2,1-2H3. The van der Waals surface area contributed by atoms with Crippen molar-refractivity contribution in [1.29, 1.82) is 0 Å². The molecule has 0 radical (unpaired) electrons. The highest BCUT2D eigenvalue weighted by atomic mass is 16.5. The third-order valence-corrected chi connectivity index (χ3v) is 4.24. The molecule has 0 aliphatic carbocycles. The molecule has 0 aliphatic heterocycles. The summed E-state index contributed by atoms with van der Waals surface area (Å²) in [5.74, 6) is -0.116. The number of hydrogen-bond acceptors (Lipinski definition) is 2. The molecular weight excluding hydrogens is 298 g/mol. The first-order valence-corrected chi connectivity index (χ1v) is 8.51. The van der Waals surface area contributed by atoms with Crippen LogP contribution in [0.25, 0.3) is 22.2 Å². The van der Waals surface area contributed by atoms with Crippen LogP contribution in [-0.4, -0.2) is 17.6 Å². The van der Waals surface area contributed by atoms with E-state index in [1.165, 1.54) is 22.1 Å². The lowest BCUT2D eigenvalue weighted by molar-refractivity contribution is -0.143. The van der Waals surface area contributed by atoms with Crippen LogP contribution in [0.2, 0.25) is 0 Å². The van der Waals surface area contributed by atoms with Crippen LogP contribution in [0.1, 0.15) is 30.9 Å². The van der Waals surface area contributed by atoms with Crippen LogP contribution in [0, 0.1) is 6.92 Å². The molecule has 0 fully saturated rings. The molecule has 3 heteroatoms. The SMILES string of the molecule is CCOC(=O)CCCc1c(-c2ccccc2)[nH]c2ccc(C)cc12. The number of aryl methyl sites for hydroxylation is 2. The highest BCUT2D eigenvalue weighted by molar-refractivity contribution is 5.91. The molecule has 0 bridgehead atoms. The van der Waals surface area contributed by atoms with Crippen LogP contribution in [0.4, 0.5) is 0 Å². The topological polar surface area (TPSA) is 42.1 Å². The van der Waals surface area contributed by atoms with Crippen molar-refractivity contribution in [2.75, 3.05) is 6.61 Å². The second-order valence-corrected chi connectivity index (χ2v) is 6.05. The number of aromatic amines is 1. The molecule has 2 aromatic carbocycles. The summed E-state index contributed by atoms with van der Waals surface area (Å²) in [6.07, 6.45) is 2.10. The Balaban J connectivity index is 1.94. The zero-order valence-corrected chi connectivity index (χ0v) is 14.3. The number of aromatic nitrogens is 1. The normalized spacial score (nSPS) is 10.9. The zero-order chi connectivity index (χ0) is 16.9. The third kappa shape index (κ3) is 3.51. The molecule has 3 aromatic rings. The highest BCUT2D eigenvalue weighted by Gasteiger charge is 2.14. The molecule has 0 atom stereocenters. The second kappa shape index (κ2) is 7.35. The van der Waals surface area contributed by atoms with Crippen molar-refractivity contribution in [3.8, 4) is 11.3 Å². The van der Waals surface area contributed by atoms with Gasteiger partial charge in [-0.2, -0.15) is 0 Å². The Bertz CT molecular complexity index is 834. The molecule has 0 amide bonds. The van der Waals surface area contributed by atoms with Gasteiger partial charge in [-0.15, -0.1) is 0 Å². The quantitative estimate of drug-likeness (QED) is 0.647. The Morgan fingerprint density at radius 3 is 2.67 bits per heavy atom. The number of carbonyl (C=O) groups excluding carboxylic acids is 1. The molecule has 1 N–H and O–H groups in total. The Labute approximate surface area is 142 Å². The minimum absolute atomic E-state index is 0.116. The van der Waals surface area contributed by atoms with Crippen LogP contribution < -0.4 is 0 Å². The van der Waals surface area contributed by atoms with E-state index < -0.39 is 0 Å². The lowest BCUT2D eigenvalue weighted by Gasteiger charge is -2.06. The monoisotopic (exact) mass is 321 g/mol. The summed E-state index contributed by atoms with van der Waals surface area (Å²) in [7, 11) is 0. The van der Waals surface area contributed by atoms with Crippen molar-refractivity contribution < 1.29 is 9.53 Å². The van der Waals surface area contributed by atoms with E-state index in [4.69, 9.17) is 4.74 Å². The minimum atomic E-state index is -0.116. The van der Waals surface area contributed by atoms with Gasteiger partial charge in [-0.3, -0.25) is 4.79 Å². The molecule has 3 rings (SSSR count). The maximum atomic E-state index is 11.6. The Hall–Kier alpha value is -2.55. The summed E-state index contributed by atoms with van der Waals surface area (Å²) >= 11 is 0. The maximum absolute atomic E-state index is 11.6. The number of rotatable bonds is 6. The van der Waals surface area contributed by atoms with Crippen molar-refractivity contribution in [3.63, 3.8) is 0 Å². The molecular formula is C21H23NO2. The molecule has 3 nitrogen and oxygen atoms in total. The molecule has 124 valence electrons. The van der Waals surface area contributed by atoms with Crippen LogP contribution in [0.3, 0.4) is 0 Å². The number of nitrogens with one attached hydrogen (secondary N) is 1. The average Bonchev–Trinajstić information content (AvgIpc) is 2.94. The largest absolute Gasteiger partial charge is 0.466 e. The fourth-order valence-corrected chi connectivity index (χ4v) is 3.12. The number of hydrogen-bond donors (Lipinski definition) is 1. The Morgan fingerprint density at radius 2 is 1.92 bits per heavy atom. The number of esters is 1. The number of benzene rings is 2. The molecule has 0 saturated carbocycles. The Kier molecular flexibility index (Phi) is 4.99. The number of carbonyl (C=O) groups is 1. The minimum Gasteiger partial charge on any atom is -0.466 e. The summed E-state index contributed by atoms with van der Waals surface area (Å²) in [6, 6.07) is 16.8. The van der Waals surface area contributed by atoms with Gasteiger partial charge in [-0.1, -0.05) is 42.0 Å². The molecule has 0 saturated heterocycles. The molecule has 24 heavy (non-hydrogen) atoms. The van der Waals surface area contributed by atoms with E-state index in [0.717, 1.165) is 24.1 Å². The fourth-order valence-electron chi connectivity index (χ4n) is 3.12. The lowest BCUT2D eigenvalue weighted by Crippen LogP contribution is -2.04. The van der Waals surface area contributed by atoms with Gasteiger partial charge < -0.3 is 9.72 Å². The summed E-state index contributed by atoms with van der Waals surface area (Å²) in [6.45, 7) is 4.39. The van der Waals surface area contributed by atoms with Gasteiger partial charge in [-0.05, 0) is 49.9 Å². The molecule has 1 aromatic heterocycles. The smallest absolute Gasteiger partial charge is 0.305 e. The first kappa shape index (κ1) is 16.3. The van der Waals surface area contributed by atoms with Crippen LogP contribution in [-0.2, 0) is 16.0 Å². The van der Waals surface area contributed by atoms with Crippen molar-refractivity contribution >= 4 is 16.9 Å². The first-order valence-electron chi connectivity index (χ1n) is 8.51. The predicted molar refractivity (Wildman–Crippen MR) is 98.0 cm³/mol. The zero-order valence-electron chi connectivity index (χ0n) is 14.3. The van der Waals surface area contributed by atoms with Crippen LogP contribution >= 0.6 is 0 Å². The lowest BCUT2D eigenvalue weighted by atomic mass is 9.99. The second-order valence-electron chi connectivity index (χ2n) is 6.05. The van der Waals surface area contributed by atoms with Gasteiger partial charge in [0.05, 0.1) is 6.61 Å².